The molecule has 0 bridgehead atoms. The Hall–Kier alpha value is -1.70. The van der Waals surface area contributed by atoms with Gasteiger partial charge in [0.1, 0.15) is 6.54 Å². The number of nitrogens with one attached hydrogen (secondary N) is 1. The van der Waals surface area contributed by atoms with Gasteiger partial charge in [0, 0.05) is 13.1 Å². The molecule has 0 aromatic heterocycles. The number of carbonyl (C=O) groups is 1. The van der Waals surface area contributed by atoms with Crippen LogP contribution in [0.15, 0.2) is 4.99 Å². The Bertz CT molecular complexity index is 300. The van der Waals surface area contributed by atoms with E-state index in [0.29, 0.717) is 5.96 Å². The minimum atomic E-state index is -0.196. The van der Waals surface area contributed by atoms with Crippen LogP contribution in [-0.4, -0.2) is 42.9 Å². The summed E-state index contributed by atoms with van der Waals surface area (Å²) in [4.78, 5) is 17.3. The fourth-order valence-corrected chi connectivity index (χ4v) is 1.58. The first kappa shape index (κ1) is 12.4. The van der Waals surface area contributed by atoms with E-state index in [2.05, 4.69) is 16.2 Å². The number of guanidine groups is 1. The smallest absolute Gasteiger partial charge is 0.242 e. The van der Waals surface area contributed by atoms with Crippen LogP contribution in [0.4, 0.5) is 0 Å². The molecule has 88 valence electrons. The lowest BCUT2D eigenvalue weighted by Crippen LogP contribution is -2.41. The van der Waals surface area contributed by atoms with Crippen LogP contribution in [0.3, 0.4) is 0 Å². The number of hydrogen-bond acceptors (Lipinski definition) is 2. The molecule has 0 saturated carbocycles. The lowest BCUT2D eigenvalue weighted by Gasteiger charge is -2.27. The molecule has 0 atom stereocenters. The molecule has 5 nitrogen and oxygen atoms in total. The maximum absolute atomic E-state index is 11.2. The zero-order valence-electron chi connectivity index (χ0n) is 9.41. The van der Waals surface area contributed by atoms with Crippen LogP contribution in [0, 0.1) is 12.3 Å². The van der Waals surface area contributed by atoms with Crippen molar-refractivity contribution in [1.82, 2.24) is 10.2 Å². The van der Waals surface area contributed by atoms with Gasteiger partial charge in [-0.2, -0.15) is 0 Å². The van der Waals surface area contributed by atoms with Crippen molar-refractivity contribution in [2.75, 3.05) is 26.2 Å². The van der Waals surface area contributed by atoms with Crippen molar-refractivity contribution in [2.24, 2.45) is 10.7 Å². The van der Waals surface area contributed by atoms with E-state index in [1.807, 2.05) is 4.90 Å². The SMILES string of the molecule is C#CCNC(=O)CN=C(N)N1CCCCC1. The molecule has 3 N–H and O–H groups in total. The lowest BCUT2D eigenvalue weighted by molar-refractivity contribution is -0.119. The summed E-state index contributed by atoms with van der Waals surface area (Å²) in [5, 5.41) is 2.53. The number of likely N-dealkylation sites (tertiary alicyclic amines) is 1. The second-order valence-corrected chi connectivity index (χ2v) is 3.70. The normalized spacial score (nSPS) is 16.7. The summed E-state index contributed by atoms with van der Waals surface area (Å²) in [5.41, 5.74) is 5.78. The van der Waals surface area contributed by atoms with Gasteiger partial charge in [0.2, 0.25) is 5.91 Å². The molecule has 1 aliphatic heterocycles. The summed E-state index contributed by atoms with van der Waals surface area (Å²) < 4.78 is 0. The molecule has 1 aliphatic rings. The Morgan fingerprint density at radius 3 is 2.75 bits per heavy atom. The maximum atomic E-state index is 11.2. The van der Waals surface area contributed by atoms with Crippen LogP contribution in [-0.2, 0) is 4.79 Å². The molecule has 1 heterocycles. The highest BCUT2D eigenvalue weighted by Gasteiger charge is 2.11. The van der Waals surface area contributed by atoms with Gasteiger partial charge in [-0.1, -0.05) is 5.92 Å². The molecule has 0 aliphatic carbocycles. The number of rotatable bonds is 3. The number of carbonyl (C=O) groups excluding carboxylic acids is 1. The predicted molar refractivity (Wildman–Crippen MR) is 63.8 cm³/mol. The standard InChI is InChI=1S/C11H18N4O/c1-2-6-13-10(16)9-14-11(12)15-7-4-3-5-8-15/h1H,3-9H2,(H2,12,14)(H,13,16). The van der Waals surface area contributed by atoms with Gasteiger partial charge in [-0.15, -0.1) is 6.42 Å². The summed E-state index contributed by atoms with van der Waals surface area (Å²) in [6.45, 7) is 2.14. The van der Waals surface area contributed by atoms with Crippen LogP contribution in [0.25, 0.3) is 0 Å². The average molecular weight is 222 g/mol. The van der Waals surface area contributed by atoms with Crippen LogP contribution in [0.1, 0.15) is 19.3 Å². The van der Waals surface area contributed by atoms with Gasteiger partial charge in [0.05, 0.1) is 6.54 Å². The number of aliphatic imine (C=N–C) groups is 1. The Balaban J connectivity index is 2.32. The monoisotopic (exact) mass is 222 g/mol. The highest BCUT2D eigenvalue weighted by atomic mass is 16.1. The average Bonchev–Trinajstić information content (AvgIpc) is 2.34. The number of amides is 1. The molecule has 1 amide bonds. The first-order valence-corrected chi connectivity index (χ1v) is 5.49. The topological polar surface area (TPSA) is 70.7 Å². The van der Waals surface area contributed by atoms with Gasteiger partial charge in [-0.05, 0) is 19.3 Å². The molecule has 0 aromatic rings. The van der Waals surface area contributed by atoms with Crippen molar-refractivity contribution >= 4 is 11.9 Å². The van der Waals surface area contributed by atoms with Crippen LogP contribution in [0.5, 0.6) is 0 Å². The Kier molecular flexibility index (Phi) is 5.20. The Morgan fingerprint density at radius 2 is 2.12 bits per heavy atom. The van der Waals surface area contributed by atoms with Gasteiger partial charge in [-0.3, -0.25) is 4.79 Å². The molecule has 0 aromatic carbocycles. The minimum Gasteiger partial charge on any atom is -0.370 e. The third-order valence-electron chi connectivity index (χ3n) is 2.45. The molecular weight excluding hydrogens is 204 g/mol. The van der Waals surface area contributed by atoms with E-state index in [-0.39, 0.29) is 19.0 Å². The fraction of sp³-hybridized carbons (Fsp3) is 0.636. The van der Waals surface area contributed by atoms with Crippen LogP contribution in [0.2, 0.25) is 0 Å². The Labute approximate surface area is 96.1 Å². The highest BCUT2D eigenvalue weighted by Crippen LogP contribution is 2.07. The molecule has 1 fully saturated rings. The van der Waals surface area contributed by atoms with Gasteiger partial charge < -0.3 is 16.0 Å². The summed E-state index contributed by atoms with van der Waals surface area (Å²) in [6.07, 6.45) is 8.54. The van der Waals surface area contributed by atoms with Crippen LogP contribution >= 0.6 is 0 Å². The van der Waals surface area contributed by atoms with Gasteiger partial charge >= 0.3 is 0 Å². The van der Waals surface area contributed by atoms with Crippen molar-refractivity contribution in [3.8, 4) is 12.3 Å². The number of nitrogens with two attached hydrogens (primary N) is 1. The summed E-state index contributed by atoms with van der Waals surface area (Å²) in [7, 11) is 0. The van der Waals surface area contributed by atoms with Crippen molar-refractivity contribution in [3.05, 3.63) is 0 Å². The third-order valence-corrected chi connectivity index (χ3v) is 2.45. The second kappa shape index (κ2) is 6.72. The number of hydrogen-bond donors (Lipinski definition) is 2. The van der Waals surface area contributed by atoms with E-state index in [1.54, 1.807) is 0 Å². The van der Waals surface area contributed by atoms with E-state index in [4.69, 9.17) is 12.2 Å². The predicted octanol–water partition coefficient (Wildman–Crippen LogP) is -0.464. The van der Waals surface area contributed by atoms with Gasteiger partial charge in [0.15, 0.2) is 5.96 Å². The third kappa shape index (κ3) is 4.22. The van der Waals surface area contributed by atoms with Crippen molar-refractivity contribution in [2.45, 2.75) is 19.3 Å². The summed E-state index contributed by atoms with van der Waals surface area (Å²) >= 11 is 0. The molecule has 5 heteroatoms. The summed E-state index contributed by atoms with van der Waals surface area (Å²) in [5.74, 6) is 2.59. The van der Waals surface area contributed by atoms with E-state index in [9.17, 15) is 4.79 Å². The fourth-order valence-electron chi connectivity index (χ4n) is 1.58. The number of piperidine rings is 1. The van der Waals surface area contributed by atoms with Gasteiger partial charge in [-0.25, -0.2) is 4.99 Å². The first-order valence-electron chi connectivity index (χ1n) is 5.49. The quantitative estimate of drug-likeness (QED) is 0.385. The van der Waals surface area contributed by atoms with E-state index < -0.39 is 0 Å². The summed E-state index contributed by atoms with van der Waals surface area (Å²) in [6, 6.07) is 0. The van der Waals surface area contributed by atoms with Gasteiger partial charge in [0.25, 0.3) is 0 Å². The molecule has 1 saturated heterocycles. The lowest BCUT2D eigenvalue weighted by atomic mass is 10.1. The van der Waals surface area contributed by atoms with E-state index >= 15 is 0 Å². The largest absolute Gasteiger partial charge is 0.370 e. The second-order valence-electron chi connectivity index (χ2n) is 3.70. The zero-order valence-corrected chi connectivity index (χ0v) is 9.41. The molecule has 16 heavy (non-hydrogen) atoms. The Morgan fingerprint density at radius 1 is 1.44 bits per heavy atom. The zero-order chi connectivity index (χ0) is 11.8. The minimum absolute atomic E-state index is 0.0456. The molecular formula is C11H18N4O. The van der Waals surface area contributed by atoms with E-state index in [1.165, 1.54) is 6.42 Å². The number of terminal acetylenes is 1. The highest BCUT2D eigenvalue weighted by molar-refractivity contribution is 5.84. The number of nitrogens with zero attached hydrogens (tertiary/aromatic N) is 2. The van der Waals surface area contributed by atoms with Crippen molar-refractivity contribution in [3.63, 3.8) is 0 Å². The molecule has 0 unspecified atom stereocenters. The first-order chi connectivity index (χ1) is 7.74. The van der Waals surface area contributed by atoms with Crippen molar-refractivity contribution < 1.29 is 4.79 Å². The van der Waals surface area contributed by atoms with Crippen LogP contribution < -0.4 is 11.1 Å². The maximum Gasteiger partial charge on any atom is 0.242 e. The van der Waals surface area contributed by atoms with E-state index in [0.717, 1.165) is 25.9 Å². The molecule has 0 radical (unpaired) electrons. The molecule has 0 spiro atoms. The molecule has 1 rings (SSSR count). The van der Waals surface area contributed by atoms with Crippen molar-refractivity contribution in [1.29, 1.82) is 0 Å².